The third-order valence-corrected chi connectivity index (χ3v) is 5.31. The highest BCUT2D eigenvalue weighted by molar-refractivity contribution is 5.78. The molecule has 0 radical (unpaired) electrons. The van der Waals surface area contributed by atoms with Crippen molar-refractivity contribution in [2.45, 2.75) is 51.7 Å². The number of hydrogen-bond donors (Lipinski definition) is 2. The first-order valence-corrected chi connectivity index (χ1v) is 8.69. The van der Waals surface area contributed by atoms with Gasteiger partial charge in [0.2, 0.25) is 0 Å². The van der Waals surface area contributed by atoms with Crippen LogP contribution in [0.4, 0.5) is 5.69 Å². The lowest BCUT2D eigenvalue weighted by Crippen LogP contribution is -2.36. The summed E-state index contributed by atoms with van der Waals surface area (Å²) >= 11 is 0. The minimum atomic E-state index is -0.358. The van der Waals surface area contributed by atoms with Crippen LogP contribution in [0.25, 0.3) is 11.8 Å². The average Bonchev–Trinajstić information content (AvgIpc) is 2.99. The summed E-state index contributed by atoms with van der Waals surface area (Å²) < 4.78 is 0. The van der Waals surface area contributed by atoms with E-state index in [2.05, 4.69) is 41.5 Å². The maximum Gasteiger partial charge on any atom is 0.0949 e. The van der Waals surface area contributed by atoms with Crippen LogP contribution in [-0.2, 0) is 0 Å². The number of aliphatic hydroxyl groups excluding tert-OH is 1. The molecule has 1 aliphatic heterocycles. The van der Waals surface area contributed by atoms with E-state index >= 15 is 0 Å². The van der Waals surface area contributed by atoms with Crippen molar-refractivity contribution in [3.05, 3.63) is 46.0 Å². The van der Waals surface area contributed by atoms with Crippen molar-refractivity contribution in [2.75, 3.05) is 5.32 Å². The van der Waals surface area contributed by atoms with E-state index in [0.717, 1.165) is 16.6 Å². The fourth-order valence-electron chi connectivity index (χ4n) is 3.88. The molecule has 0 saturated heterocycles. The van der Waals surface area contributed by atoms with Crippen LogP contribution in [0.5, 0.6) is 0 Å². The molecular weight excluding hydrogens is 284 g/mol. The summed E-state index contributed by atoms with van der Waals surface area (Å²) in [4.78, 5) is 4.44. The van der Waals surface area contributed by atoms with Crippen LogP contribution in [0.15, 0.2) is 34.9 Å². The van der Waals surface area contributed by atoms with Crippen molar-refractivity contribution in [3.63, 3.8) is 0 Å². The molecule has 120 valence electrons. The molecule has 1 fully saturated rings. The molecule has 0 aromatic heterocycles. The molecule has 0 bridgehead atoms. The van der Waals surface area contributed by atoms with E-state index in [-0.39, 0.29) is 12.0 Å². The molecule has 3 nitrogen and oxygen atoms in total. The summed E-state index contributed by atoms with van der Waals surface area (Å²) in [5, 5.41) is 16.1. The van der Waals surface area contributed by atoms with Crippen LogP contribution in [0.2, 0.25) is 0 Å². The van der Waals surface area contributed by atoms with E-state index in [1.807, 2.05) is 13.1 Å². The van der Waals surface area contributed by atoms with E-state index in [9.17, 15) is 5.11 Å². The monoisotopic (exact) mass is 308 g/mol. The van der Waals surface area contributed by atoms with Gasteiger partial charge in [0.1, 0.15) is 0 Å². The minimum absolute atomic E-state index is 0.154. The SMILES string of the molecule is CC1=CC(c2cc(NC3CCCC3)c3c(c2)=CN=3)=CC(C)C1O. The number of fused-ring (bicyclic) bond motifs is 1. The Kier molecular flexibility index (Phi) is 3.61. The Morgan fingerprint density at radius 1 is 1.22 bits per heavy atom. The molecule has 23 heavy (non-hydrogen) atoms. The lowest BCUT2D eigenvalue weighted by molar-refractivity contribution is 0.172. The van der Waals surface area contributed by atoms with Gasteiger partial charge in [-0.05, 0) is 48.6 Å². The Morgan fingerprint density at radius 2 is 2.00 bits per heavy atom. The highest BCUT2D eigenvalue weighted by Crippen LogP contribution is 2.29. The summed E-state index contributed by atoms with van der Waals surface area (Å²) in [6.07, 6.45) is 11.0. The quantitative estimate of drug-likeness (QED) is 0.902. The molecule has 1 heterocycles. The standard InChI is InChI=1S/C20H24N2O/c1-12-7-14(8-13(2)20(12)23)15-9-16-11-21-19(16)18(10-15)22-17-5-3-4-6-17/h7-12,17,20,22-23H,3-6H2,1-2H3. The summed E-state index contributed by atoms with van der Waals surface area (Å²) in [6.45, 7) is 4.08. The predicted molar refractivity (Wildman–Crippen MR) is 94.5 cm³/mol. The van der Waals surface area contributed by atoms with Gasteiger partial charge in [0.15, 0.2) is 0 Å². The van der Waals surface area contributed by atoms with Gasteiger partial charge in [0, 0.05) is 23.4 Å². The summed E-state index contributed by atoms with van der Waals surface area (Å²) in [6, 6.07) is 5.03. The fraction of sp³-hybridized carbons (Fsp3) is 0.450. The number of benzene rings is 1. The smallest absolute Gasteiger partial charge is 0.0949 e. The first-order valence-electron chi connectivity index (χ1n) is 8.69. The maximum absolute atomic E-state index is 10.1. The molecule has 2 unspecified atom stereocenters. The second-order valence-electron chi connectivity index (χ2n) is 7.16. The number of hydrogen-bond acceptors (Lipinski definition) is 3. The maximum atomic E-state index is 10.1. The van der Waals surface area contributed by atoms with Crippen LogP contribution < -0.4 is 15.9 Å². The van der Waals surface area contributed by atoms with E-state index in [1.165, 1.54) is 42.0 Å². The topological polar surface area (TPSA) is 44.6 Å². The lowest BCUT2D eigenvalue weighted by Gasteiger charge is -2.24. The second kappa shape index (κ2) is 5.64. The number of nitrogens with one attached hydrogen (secondary N) is 1. The van der Waals surface area contributed by atoms with Gasteiger partial charge < -0.3 is 10.4 Å². The van der Waals surface area contributed by atoms with Gasteiger partial charge in [0.25, 0.3) is 0 Å². The van der Waals surface area contributed by atoms with Crippen molar-refractivity contribution in [2.24, 2.45) is 10.9 Å². The Labute approximate surface area is 137 Å². The van der Waals surface area contributed by atoms with Crippen LogP contribution >= 0.6 is 0 Å². The van der Waals surface area contributed by atoms with E-state index in [0.29, 0.717) is 6.04 Å². The lowest BCUT2D eigenvalue weighted by atomic mass is 9.86. The zero-order chi connectivity index (χ0) is 16.0. The molecule has 2 atom stereocenters. The van der Waals surface area contributed by atoms with E-state index in [4.69, 9.17) is 0 Å². The minimum Gasteiger partial charge on any atom is -0.388 e. The van der Waals surface area contributed by atoms with Gasteiger partial charge in [-0.3, -0.25) is 4.99 Å². The first-order chi connectivity index (χ1) is 11.1. The van der Waals surface area contributed by atoms with Gasteiger partial charge >= 0.3 is 0 Å². The van der Waals surface area contributed by atoms with Crippen LogP contribution in [0.3, 0.4) is 0 Å². The molecular formula is C20H24N2O. The summed E-state index contributed by atoms with van der Waals surface area (Å²) in [5.41, 5.74) is 4.63. The molecule has 3 aliphatic rings. The van der Waals surface area contributed by atoms with Crippen molar-refractivity contribution in [1.29, 1.82) is 0 Å². The second-order valence-corrected chi connectivity index (χ2v) is 7.16. The Bertz CT molecular complexity index is 813. The molecule has 0 amide bonds. The highest BCUT2D eigenvalue weighted by atomic mass is 16.3. The van der Waals surface area contributed by atoms with Gasteiger partial charge in [-0.2, -0.15) is 0 Å². The molecule has 3 heteroatoms. The van der Waals surface area contributed by atoms with Crippen LogP contribution in [0, 0.1) is 5.92 Å². The first kappa shape index (κ1) is 14.7. The number of anilines is 1. The van der Waals surface area contributed by atoms with E-state index < -0.39 is 0 Å². The van der Waals surface area contributed by atoms with Gasteiger partial charge in [-0.1, -0.05) is 31.9 Å². The number of allylic oxidation sites excluding steroid dienone is 2. The van der Waals surface area contributed by atoms with Crippen molar-refractivity contribution in [3.8, 4) is 0 Å². The van der Waals surface area contributed by atoms with E-state index in [1.54, 1.807) is 0 Å². The largest absolute Gasteiger partial charge is 0.388 e. The number of nitrogens with zero attached hydrogens (tertiary/aromatic N) is 1. The number of rotatable bonds is 3. The normalized spacial score (nSPS) is 26.4. The molecule has 0 spiro atoms. The Hall–Kier alpha value is -1.87. The third-order valence-electron chi connectivity index (χ3n) is 5.31. The van der Waals surface area contributed by atoms with Gasteiger partial charge in [-0.25, -0.2) is 0 Å². The zero-order valence-corrected chi connectivity index (χ0v) is 13.8. The van der Waals surface area contributed by atoms with Crippen molar-refractivity contribution >= 4 is 17.5 Å². The molecule has 1 aromatic rings. The highest BCUT2D eigenvalue weighted by Gasteiger charge is 2.21. The van der Waals surface area contributed by atoms with Crippen molar-refractivity contribution < 1.29 is 5.11 Å². The van der Waals surface area contributed by atoms with Crippen LogP contribution in [0.1, 0.15) is 45.1 Å². The third kappa shape index (κ3) is 2.63. The predicted octanol–water partition coefficient (Wildman–Crippen LogP) is 2.75. The van der Waals surface area contributed by atoms with Crippen LogP contribution in [-0.4, -0.2) is 17.3 Å². The Balaban J connectivity index is 1.71. The van der Waals surface area contributed by atoms with Crippen molar-refractivity contribution in [1.82, 2.24) is 0 Å². The Morgan fingerprint density at radius 3 is 2.65 bits per heavy atom. The molecule has 2 N–H and O–H groups in total. The average molecular weight is 308 g/mol. The summed E-state index contributed by atoms with van der Waals surface area (Å²) in [7, 11) is 0. The number of aliphatic hydroxyl groups is 1. The summed E-state index contributed by atoms with van der Waals surface area (Å²) in [5.74, 6) is 0.154. The zero-order valence-electron chi connectivity index (χ0n) is 13.8. The molecule has 4 rings (SSSR count). The molecule has 2 aliphatic carbocycles. The molecule has 1 aromatic carbocycles. The van der Waals surface area contributed by atoms with Gasteiger partial charge in [0.05, 0.1) is 17.1 Å². The molecule has 1 saturated carbocycles. The fourth-order valence-corrected chi connectivity index (χ4v) is 3.88. The van der Waals surface area contributed by atoms with Gasteiger partial charge in [-0.15, -0.1) is 0 Å².